The summed E-state index contributed by atoms with van der Waals surface area (Å²) in [6.07, 6.45) is 4.65. The van der Waals surface area contributed by atoms with Gasteiger partial charge in [-0.1, -0.05) is 18.2 Å². The maximum absolute atomic E-state index is 5.86. The molecule has 0 fully saturated rings. The molecule has 2 heterocycles. The Morgan fingerprint density at radius 2 is 2.05 bits per heavy atom. The molecular formula is C16H17N3O. The molecule has 0 saturated carbocycles. The van der Waals surface area contributed by atoms with Crippen molar-refractivity contribution in [2.24, 2.45) is 0 Å². The first-order valence-corrected chi connectivity index (χ1v) is 6.53. The van der Waals surface area contributed by atoms with Crippen LogP contribution in [0.2, 0.25) is 0 Å². The second-order valence-corrected chi connectivity index (χ2v) is 4.91. The molecule has 1 aromatic carbocycles. The van der Waals surface area contributed by atoms with Gasteiger partial charge >= 0.3 is 0 Å². The maximum atomic E-state index is 5.86. The highest BCUT2D eigenvalue weighted by Crippen LogP contribution is 2.22. The molecule has 4 nitrogen and oxygen atoms in total. The number of imidazole rings is 1. The van der Waals surface area contributed by atoms with Crippen molar-refractivity contribution in [1.29, 1.82) is 0 Å². The van der Waals surface area contributed by atoms with E-state index in [1.165, 1.54) is 0 Å². The Morgan fingerprint density at radius 1 is 1.25 bits per heavy atom. The van der Waals surface area contributed by atoms with Gasteiger partial charge in [-0.15, -0.1) is 0 Å². The zero-order valence-electron chi connectivity index (χ0n) is 11.6. The van der Waals surface area contributed by atoms with Gasteiger partial charge in [0.2, 0.25) is 0 Å². The summed E-state index contributed by atoms with van der Waals surface area (Å²) < 4.78 is 7.36. The number of para-hydroxylation sites is 1. The number of rotatable bonds is 3. The SMILES string of the molecule is COc1ccccc1Cc1cn2cc(N)cc(C)c2n1. The Kier molecular flexibility index (Phi) is 3.06. The molecule has 102 valence electrons. The lowest BCUT2D eigenvalue weighted by atomic mass is 10.1. The third-order valence-electron chi connectivity index (χ3n) is 3.37. The number of nitrogens with two attached hydrogens (primary N) is 1. The number of pyridine rings is 1. The normalized spacial score (nSPS) is 10.9. The molecule has 20 heavy (non-hydrogen) atoms. The molecule has 3 aromatic rings. The zero-order chi connectivity index (χ0) is 14.1. The van der Waals surface area contributed by atoms with Gasteiger partial charge in [-0.05, 0) is 24.6 Å². The molecule has 0 radical (unpaired) electrons. The number of nitrogens with zero attached hydrogens (tertiary/aromatic N) is 2. The smallest absolute Gasteiger partial charge is 0.140 e. The van der Waals surface area contributed by atoms with Crippen molar-refractivity contribution in [3.63, 3.8) is 0 Å². The molecule has 0 amide bonds. The molecule has 0 aliphatic heterocycles. The number of anilines is 1. The van der Waals surface area contributed by atoms with E-state index in [1.807, 2.05) is 48.0 Å². The van der Waals surface area contributed by atoms with Gasteiger partial charge in [-0.25, -0.2) is 4.98 Å². The maximum Gasteiger partial charge on any atom is 0.140 e. The average Bonchev–Trinajstić information content (AvgIpc) is 2.82. The molecule has 0 aliphatic carbocycles. The minimum atomic E-state index is 0.741. The Balaban J connectivity index is 2.01. The monoisotopic (exact) mass is 267 g/mol. The fraction of sp³-hybridized carbons (Fsp3) is 0.188. The molecule has 0 atom stereocenters. The largest absolute Gasteiger partial charge is 0.496 e. The van der Waals surface area contributed by atoms with Crippen LogP contribution in [-0.4, -0.2) is 16.5 Å². The van der Waals surface area contributed by atoms with Gasteiger partial charge in [-0.2, -0.15) is 0 Å². The van der Waals surface area contributed by atoms with Gasteiger partial charge in [0.05, 0.1) is 12.8 Å². The molecule has 3 rings (SSSR count). The summed E-state index contributed by atoms with van der Waals surface area (Å²) in [5.74, 6) is 0.890. The summed E-state index contributed by atoms with van der Waals surface area (Å²) in [4.78, 5) is 4.68. The van der Waals surface area contributed by atoms with Crippen LogP contribution < -0.4 is 10.5 Å². The summed E-state index contributed by atoms with van der Waals surface area (Å²) in [7, 11) is 1.69. The van der Waals surface area contributed by atoms with Gasteiger partial charge in [-0.3, -0.25) is 0 Å². The van der Waals surface area contributed by atoms with Crippen molar-refractivity contribution in [3.05, 3.63) is 59.5 Å². The van der Waals surface area contributed by atoms with E-state index in [9.17, 15) is 0 Å². The number of fused-ring (bicyclic) bond motifs is 1. The predicted octanol–water partition coefficient (Wildman–Crippen LogP) is 2.82. The number of aromatic nitrogens is 2. The number of nitrogen functional groups attached to an aromatic ring is 1. The molecule has 0 bridgehead atoms. The highest BCUT2D eigenvalue weighted by atomic mass is 16.5. The standard InChI is InChI=1S/C16H17N3O/c1-11-7-13(17)9-19-10-14(18-16(11)19)8-12-5-3-4-6-15(12)20-2/h3-7,9-10H,8,17H2,1-2H3. The fourth-order valence-corrected chi connectivity index (χ4v) is 2.48. The Hall–Kier alpha value is -2.49. The average molecular weight is 267 g/mol. The van der Waals surface area contributed by atoms with E-state index in [0.717, 1.165) is 40.3 Å². The Bertz CT molecular complexity index is 762. The lowest BCUT2D eigenvalue weighted by Gasteiger charge is -2.05. The topological polar surface area (TPSA) is 52.5 Å². The van der Waals surface area contributed by atoms with E-state index in [-0.39, 0.29) is 0 Å². The lowest BCUT2D eigenvalue weighted by Crippen LogP contribution is -1.93. The van der Waals surface area contributed by atoms with Gasteiger partial charge in [0, 0.05) is 30.1 Å². The van der Waals surface area contributed by atoms with Gasteiger partial charge in [0.1, 0.15) is 11.4 Å². The van der Waals surface area contributed by atoms with E-state index < -0.39 is 0 Å². The van der Waals surface area contributed by atoms with Crippen LogP contribution in [0.3, 0.4) is 0 Å². The molecule has 0 saturated heterocycles. The molecule has 0 aliphatic rings. The van der Waals surface area contributed by atoms with Crippen molar-refractivity contribution in [1.82, 2.24) is 9.38 Å². The van der Waals surface area contributed by atoms with Crippen molar-refractivity contribution >= 4 is 11.3 Å². The van der Waals surface area contributed by atoms with Crippen molar-refractivity contribution in [2.45, 2.75) is 13.3 Å². The van der Waals surface area contributed by atoms with Gasteiger partial charge in [0.25, 0.3) is 0 Å². The quantitative estimate of drug-likeness (QED) is 0.794. The summed E-state index contributed by atoms with van der Waals surface area (Å²) in [5.41, 5.74) is 10.8. The third-order valence-corrected chi connectivity index (χ3v) is 3.37. The minimum absolute atomic E-state index is 0.741. The lowest BCUT2D eigenvalue weighted by molar-refractivity contribution is 0.410. The van der Waals surface area contributed by atoms with Crippen LogP contribution in [0.4, 0.5) is 5.69 Å². The van der Waals surface area contributed by atoms with Crippen LogP contribution in [0, 0.1) is 6.92 Å². The van der Waals surface area contributed by atoms with Crippen molar-refractivity contribution < 1.29 is 4.74 Å². The summed E-state index contributed by atoms with van der Waals surface area (Å²) in [6, 6.07) is 9.95. The summed E-state index contributed by atoms with van der Waals surface area (Å²) >= 11 is 0. The summed E-state index contributed by atoms with van der Waals surface area (Å²) in [6.45, 7) is 2.02. The van der Waals surface area contributed by atoms with E-state index in [1.54, 1.807) is 7.11 Å². The number of benzene rings is 1. The van der Waals surface area contributed by atoms with Crippen LogP contribution >= 0.6 is 0 Å². The highest BCUT2D eigenvalue weighted by Gasteiger charge is 2.08. The fourth-order valence-electron chi connectivity index (χ4n) is 2.48. The zero-order valence-corrected chi connectivity index (χ0v) is 11.6. The van der Waals surface area contributed by atoms with E-state index in [0.29, 0.717) is 0 Å². The van der Waals surface area contributed by atoms with Crippen molar-refractivity contribution in [3.8, 4) is 5.75 Å². The number of hydrogen-bond donors (Lipinski definition) is 1. The van der Waals surface area contributed by atoms with Crippen LogP contribution in [0.25, 0.3) is 5.65 Å². The van der Waals surface area contributed by atoms with E-state index >= 15 is 0 Å². The molecule has 4 heteroatoms. The molecule has 2 aromatic heterocycles. The van der Waals surface area contributed by atoms with Crippen LogP contribution in [0.15, 0.2) is 42.7 Å². The van der Waals surface area contributed by atoms with Gasteiger partial charge in [0.15, 0.2) is 0 Å². The van der Waals surface area contributed by atoms with Gasteiger partial charge < -0.3 is 14.9 Å². The van der Waals surface area contributed by atoms with E-state index in [2.05, 4.69) is 11.1 Å². The number of ether oxygens (including phenoxy) is 1. The molecule has 2 N–H and O–H groups in total. The number of methoxy groups -OCH3 is 1. The van der Waals surface area contributed by atoms with Crippen LogP contribution in [0.1, 0.15) is 16.8 Å². The van der Waals surface area contributed by atoms with Crippen molar-refractivity contribution in [2.75, 3.05) is 12.8 Å². The number of hydrogen-bond acceptors (Lipinski definition) is 3. The first-order valence-electron chi connectivity index (χ1n) is 6.53. The number of aryl methyl sites for hydroxylation is 1. The van der Waals surface area contributed by atoms with Crippen LogP contribution in [-0.2, 0) is 6.42 Å². The molecule has 0 spiro atoms. The minimum Gasteiger partial charge on any atom is -0.496 e. The molecule has 0 unspecified atom stereocenters. The van der Waals surface area contributed by atoms with Crippen LogP contribution in [0.5, 0.6) is 5.75 Å². The van der Waals surface area contributed by atoms with E-state index in [4.69, 9.17) is 10.5 Å². The first-order chi connectivity index (χ1) is 9.67. The first kappa shape index (κ1) is 12.5. The Labute approximate surface area is 117 Å². The highest BCUT2D eigenvalue weighted by molar-refractivity contribution is 5.55. The summed E-state index contributed by atoms with van der Waals surface area (Å²) in [5, 5.41) is 0. The third kappa shape index (κ3) is 2.20. The second-order valence-electron chi connectivity index (χ2n) is 4.91. The second kappa shape index (κ2) is 4.89. The molecular weight excluding hydrogens is 250 g/mol. The predicted molar refractivity (Wildman–Crippen MR) is 80.1 cm³/mol. The Morgan fingerprint density at radius 3 is 2.85 bits per heavy atom.